The molecule has 6 heteroatoms. The van der Waals surface area contributed by atoms with Crippen LogP contribution in [0.3, 0.4) is 0 Å². The molecule has 1 aromatic heterocycles. The van der Waals surface area contributed by atoms with Gasteiger partial charge in [-0.25, -0.2) is 4.98 Å². The molecule has 6 nitrogen and oxygen atoms in total. The molecule has 0 unspecified atom stereocenters. The number of hydrogen-bond acceptors (Lipinski definition) is 4. The van der Waals surface area contributed by atoms with E-state index in [-0.39, 0.29) is 23.9 Å². The zero-order valence-corrected chi connectivity index (χ0v) is 14.9. The number of nitrogens with zero attached hydrogens (tertiary/aromatic N) is 1. The van der Waals surface area contributed by atoms with Crippen molar-refractivity contribution in [1.82, 2.24) is 15.6 Å². The monoisotopic (exact) mass is 345 g/mol. The van der Waals surface area contributed by atoms with E-state index in [1.54, 1.807) is 6.07 Å². The summed E-state index contributed by atoms with van der Waals surface area (Å²) in [6, 6.07) is 2.96. The first-order valence-electron chi connectivity index (χ1n) is 8.86. The van der Waals surface area contributed by atoms with Gasteiger partial charge in [0.1, 0.15) is 5.75 Å². The van der Waals surface area contributed by atoms with Crippen LogP contribution in [-0.4, -0.2) is 35.0 Å². The van der Waals surface area contributed by atoms with Gasteiger partial charge in [0.25, 0.3) is 5.91 Å². The summed E-state index contributed by atoms with van der Waals surface area (Å²) in [4.78, 5) is 27.8. The van der Waals surface area contributed by atoms with E-state index in [1.807, 2.05) is 6.92 Å². The van der Waals surface area contributed by atoms with Crippen LogP contribution >= 0.6 is 0 Å². The molecule has 136 valence electrons. The fraction of sp³-hybridized carbons (Fsp3) is 0.526. The van der Waals surface area contributed by atoms with Crippen LogP contribution in [0.25, 0.3) is 0 Å². The van der Waals surface area contributed by atoms with Crippen molar-refractivity contribution in [3.05, 3.63) is 35.7 Å². The zero-order chi connectivity index (χ0) is 18.2. The number of amides is 2. The van der Waals surface area contributed by atoms with Crippen LogP contribution in [0, 0.1) is 11.8 Å². The standard InChI is InChI=1S/C19H27N3O3/c1-13-5-7-15(8-6-13)12-14(2)18(24)21-10-11-22-19(25)17-16(23)4-3-9-20-17/h3-4,9,12-13,15,23H,5-8,10-11H2,1-2H3,(H,21,24)(H,22,25)/b14-12+. The second kappa shape index (κ2) is 9.20. The molecule has 0 spiro atoms. The van der Waals surface area contributed by atoms with Crippen molar-refractivity contribution >= 4 is 11.8 Å². The van der Waals surface area contributed by atoms with E-state index in [4.69, 9.17) is 0 Å². The highest BCUT2D eigenvalue weighted by Crippen LogP contribution is 2.29. The lowest BCUT2D eigenvalue weighted by molar-refractivity contribution is -0.117. The van der Waals surface area contributed by atoms with E-state index in [0.29, 0.717) is 12.5 Å². The third-order valence-electron chi connectivity index (χ3n) is 4.60. The minimum Gasteiger partial charge on any atom is -0.505 e. The van der Waals surface area contributed by atoms with Crippen molar-refractivity contribution in [3.8, 4) is 5.75 Å². The molecule has 0 aliphatic heterocycles. The normalized spacial score (nSPS) is 20.8. The highest BCUT2D eigenvalue weighted by Gasteiger charge is 2.17. The Bertz CT molecular complexity index is 635. The van der Waals surface area contributed by atoms with Gasteiger partial charge in [-0.3, -0.25) is 9.59 Å². The summed E-state index contributed by atoms with van der Waals surface area (Å²) in [5.41, 5.74) is 0.713. The van der Waals surface area contributed by atoms with Gasteiger partial charge in [-0.1, -0.05) is 25.8 Å². The molecule has 3 N–H and O–H groups in total. The average Bonchev–Trinajstić information content (AvgIpc) is 2.60. The van der Waals surface area contributed by atoms with Gasteiger partial charge in [0.15, 0.2) is 5.69 Å². The first-order valence-corrected chi connectivity index (χ1v) is 8.86. The highest BCUT2D eigenvalue weighted by atomic mass is 16.3. The molecule has 0 atom stereocenters. The van der Waals surface area contributed by atoms with Crippen molar-refractivity contribution in [2.45, 2.75) is 39.5 Å². The second-order valence-corrected chi connectivity index (χ2v) is 6.75. The first-order chi connectivity index (χ1) is 12.0. The van der Waals surface area contributed by atoms with Crippen LogP contribution in [0.15, 0.2) is 30.0 Å². The van der Waals surface area contributed by atoms with Gasteiger partial charge >= 0.3 is 0 Å². The van der Waals surface area contributed by atoms with Gasteiger partial charge in [-0.05, 0) is 43.7 Å². The van der Waals surface area contributed by atoms with Crippen LogP contribution in [0.4, 0.5) is 0 Å². The molecule has 1 aliphatic rings. The van der Waals surface area contributed by atoms with Crippen LogP contribution in [0.2, 0.25) is 0 Å². The average molecular weight is 345 g/mol. The molecule has 2 amide bonds. The van der Waals surface area contributed by atoms with E-state index in [1.165, 1.54) is 25.1 Å². The second-order valence-electron chi connectivity index (χ2n) is 6.75. The molecule has 1 aliphatic carbocycles. The van der Waals surface area contributed by atoms with Gasteiger partial charge < -0.3 is 15.7 Å². The summed E-state index contributed by atoms with van der Waals surface area (Å²) in [5.74, 6) is 0.559. The zero-order valence-electron chi connectivity index (χ0n) is 14.9. The first kappa shape index (κ1) is 19.0. The number of aromatic hydroxyl groups is 1. The lowest BCUT2D eigenvalue weighted by atomic mass is 9.82. The lowest BCUT2D eigenvalue weighted by Gasteiger charge is -2.24. The number of hydrogen-bond donors (Lipinski definition) is 3. The van der Waals surface area contributed by atoms with Crippen LogP contribution < -0.4 is 10.6 Å². The Hall–Kier alpha value is -2.37. The fourth-order valence-corrected chi connectivity index (χ4v) is 3.03. The number of rotatable bonds is 6. The summed E-state index contributed by atoms with van der Waals surface area (Å²) in [6.45, 7) is 4.70. The molecule has 1 fully saturated rings. The number of carbonyl (C=O) groups excluding carboxylic acids is 2. The molecule has 25 heavy (non-hydrogen) atoms. The Balaban J connectivity index is 1.71. The number of aromatic nitrogens is 1. The van der Waals surface area contributed by atoms with Crippen molar-refractivity contribution < 1.29 is 14.7 Å². The number of allylic oxidation sites excluding steroid dienone is 1. The predicted molar refractivity (Wildman–Crippen MR) is 96.1 cm³/mol. The topological polar surface area (TPSA) is 91.3 Å². The Morgan fingerprint density at radius 2 is 1.92 bits per heavy atom. The largest absolute Gasteiger partial charge is 0.505 e. The molecule has 1 aromatic rings. The van der Waals surface area contributed by atoms with Crippen molar-refractivity contribution in [2.24, 2.45) is 11.8 Å². The third kappa shape index (κ3) is 5.89. The Labute approximate surface area is 148 Å². The van der Waals surface area contributed by atoms with Gasteiger partial charge in [-0.15, -0.1) is 0 Å². The van der Waals surface area contributed by atoms with Crippen LogP contribution in [-0.2, 0) is 4.79 Å². The SMILES string of the molecule is C/C(=C\C1CCC(C)CC1)C(=O)NCCNC(=O)c1ncccc1O. The van der Waals surface area contributed by atoms with Crippen molar-refractivity contribution in [2.75, 3.05) is 13.1 Å². The van der Waals surface area contributed by atoms with Gasteiger partial charge in [0.05, 0.1) is 0 Å². The molecule has 0 saturated heterocycles. The maximum Gasteiger partial charge on any atom is 0.273 e. The fourth-order valence-electron chi connectivity index (χ4n) is 3.03. The van der Waals surface area contributed by atoms with Gasteiger partial charge in [0, 0.05) is 24.9 Å². The maximum atomic E-state index is 12.1. The quantitative estimate of drug-likeness (QED) is 0.545. The predicted octanol–water partition coefficient (Wildman–Crippen LogP) is 2.41. The summed E-state index contributed by atoms with van der Waals surface area (Å²) in [7, 11) is 0. The number of pyridine rings is 1. The van der Waals surface area contributed by atoms with Crippen LogP contribution in [0.5, 0.6) is 5.75 Å². The molecule has 1 heterocycles. The summed E-state index contributed by atoms with van der Waals surface area (Å²) in [6.07, 6.45) is 8.26. The Morgan fingerprint density at radius 1 is 1.24 bits per heavy atom. The van der Waals surface area contributed by atoms with E-state index in [0.717, 1.165) is 24.3 Å². The highest BCUT2D eigenvalue weighted by molar-refractivity contribution is 5.95. The summed E-state index contributed by atoms with van der Waals surface area (Å²) < 4.78 is 0. The number of nitrogens with one attached hydrogen (secondary N) is 2. The van der Waals surface area contributed by atoms with E-state index in [9.17, 15) is 14.7 Å². The van der Waals surface area contributed by atoms with Gasteiger partial charge in [-0.2, -0.15) is 0 Å². The minimum absolute atomic E-state index is 0.0172. The molecule has 0 aromatic carbocycles. The van der Waals surface area contributed by atoms with Crippen molar-refractivity contribution in [3.63, 3.8) is 0 Å². The lowest BCUT2D eigenvalue weighted by Crippen LogP contribution is -2.35. The summed E-state index contributed by atoms with van der Waals surface area (Å²) >= 11 is 0. The van der Waals surface area contributed by atoms with Gasteiger partial charge in [0.2, 0.25) is 5.91 Å². The molecule has 2 rings (SSSR count). The molecule has 0 radical (unpaired) electrons. The van der Waals surface area contributed by atoms with E-state index in [2.05, 4.69) is 28.6 Å². The van der Waals surface area contributed by atoms with Crippen LogP contribution in [0.1, 0.15) is 50.0 Å². The Morgan fingerprint density at radius 3 is 2.60 bits per heavy atom. The minimum atomic E-state index is -0.462. The Kier molecular flexibility index (Phi) is 6.98. The van der Waals surface area contributed by atoms with E-state index >= 15 is 0 Å². The third-order valence-corrected chi connectivity index (χ3v) is 4.60. The summed E-state index contributed by atoms with van der Waals surface area (Å²) in [5, 5.41) is 15.0. The van der Waals surface area contributed by atoms with Crippen molar-refractivity contribution in [1.29, 1.82) is 0 Å². The number of carbonyl (C=O) groups is 2. The molecular weight excluding hydrogens is 318 g/mol. The molecular formula is C19H27N3O3. The van der Waals surface area contributed by atoms with E-state index < -0.39 is 5.91 Å². The molecule has 1 saturated carbocycles. The molecule has 0 bridgehead atoms. The smallest absolute Gasteiger partial charge is 0.273 e. The maximum absolute atomic E-state index is 12.1.